The summed E-state index contributed by atoms with van der Waals surface area (Å²) in [4.78, 5) is 14.3. The number of amides is 1. The number of benzene rings is 3. The summed E-state index contributed by atoms with van der Waals surface area (Å²) in [5.41, 5.74) is 2.70. The van der Waals surface area contributed by atoms with E-state index in [-0.39, 0.29) is 11.2 Å². The number of furan rings is 1. The topological polar surface area (TPSA) is 51.5 Å². The number of ether oxygens (including phenoxy) is 1. The van der Waals surface area contributed by atoms with E-state index in [9.17, 15) is 4.79 Å². The van der Waals surface area contributed by atoms with Crippen LogP contribution >= 0.6 is 11.8 Å². The van der Waals surface area contributed by atoms with E-state index < -0.39 is 0 Å². The van der Waals surface area contributed by atoms with Crippen LogP contribution in [0.1, 0.15) is 22.1 Å². The molecule has 4 aromatic rings. The molecule has 156 valence electrons. The number of thioether (sulfide) groups is 1. The molecule has 1 unspecified atom stereocenters. The third kappa shape index (κ3) is 6.10. The van der Waals surface area contributed by atoms with Crippen molar-refractivity contribution in [2.75, 3.05) is 5.32 Å². The first-order valence-electron chi connectivity index (χ1n) is 10.0. The highest BCUT2D eigenvalue weighted by Gasteiger charge is 2.22. The number of hydrogen-bond donors (Lipinski definition) is 1. The van der Waals surface area contributed by atoms with Gasteiger partial charge in [-0.15, -0.1) is 11.8 Å². The molecule has 0 aliphatic heterocycles. The Morgan fingerprint density at radius 1 is 0.871 bits per heavy atom. The summed E-state index contributed by atoms with van der Waals surface area (Å²) in [7, 11) is 0. The number of hydrogen-bond acceptors (Lipinski definition) is 4. The Hall–Kier alpha value is -3.28. The van der Waals surface area contributed by atoms with E-state index in [4.69, 9.17) is 9.15 Å². The second-order valence-corrected chi connectivity index (χ2v) is 8.16. The average Bonchev–Trinajstić information content (AvgIpc) is 3.32. The lowest BCUT2D eigenvalue weighted by atomic mass is 10.1. The normalized spacial score (nSPS) is 11.7. The van der Waals surface area contributed by atoms with Crippen LogP contribution in [0.5, 0.6) is 0 Å². The molecule has 0 fully saturated rings. The highest BCUT2D eigenvalue weighted by Crippen LogP contribution is 2.36. The van der Waals surface area contributed by atoms with Gasteiger partial charge >= 0.3 is 0 Å². The summed E-state index contributed by atoms with van der Waals surface area (Å²) in [5.74, 6) is 0.724. The minimum Gasteiger partial charge on any atom is -0.467 e. The monoisotopic (exact) mass is 429 g/mol. The molecule has 3 aromatic carbocycles. The maximum atomic E-state index is 13.2. The van der Waals surface area contributed by atoms with Crippen LogP contribution < -0.4 is 5.32 Å². The molecule has 1 aromatic heterocycles. The zero-order chi connectivity index (χ0) is 21.3. The Morgan fingerprint density at radius 3 is 2.39 bits per heavy atom. The number of carbonyl (C=O) groups excluding carboxylic acids is 1. The van der Waals surface area contributed by atoms with Crippen molar-refractivity contribution in [1.29, 1.82) is 0 Å². The fourth-order valence-corrected chi connectivity index (χ4v) is 4.19. The van der Waals surface area contributed by atoms with Crippen LogP contribution in [0, 0.1) is 0 Å². The van der Waals surface area contributed by atoms with Crippen LogP contribution in [-0.4, -0.2) is 5.91 Å². The Balaban J connectivity index is 1.44. The van der Waals surface area contributed by atoms with Crippen molar-refractivity contribution in [3.63, 3.8) is 0 Å². The molecule has 1 heterocycles. The molecule has 4 nitrogen and oxygen atoms in total. The van der Waals surface area contributed by atoms with Crippen molar-refractivity contribution in [2.24, 2.45) is 0 Å². The van der Waals surface area contributed by atoms with Gasteiger partial charge in [-0.05, 0) is 47.5 Å². The molecular weight excluding hydrogens is 406 g/mol. The van der Waals surface area contributed by atoms with Crippen LogP contribution in [0.15, 0.2) is 113 Å². The van der Waals surface area contributed by atoms with Crippen molar-refractivity contribution < 1.29 is 13.9 Å². The molecule has 31 heavy (non-hydrogen) atoms. The largest absolute Gasteiger partial charge is 0.467 e. The molecule has 0 radical (unpaired) electrons. The first-order valence-corrected chi connectivity index (χ1v) is 10.9. The molecule has 0 spiro atoms. The van der Waals surface area contributed by atoms with Crippen molar-refractivity contribution in [3.8, 4) is 0 Å². The van der Waals surface area contributed by atoms with E-state index in [2.05, 4.69) is 5.32 Å². The van der Waals surface area contributed by atoms with Gasteiger partial charge in [0.25, 0.3) is 0 Å². The zero-order valence-electron chi connectivity index (χ0n) is 16.9. The molecule has 0 aliphatic carbocycles. The van der Waals surface area contributed by atoms with E-state index in [0.29, 0.717) is 13.2 Å². The Labute approximate surface area is 186 Å². The van der Waals surface area contributed by atoms with Crippen molar-refractivity contribution in [3.05, 3.63) is 120 Å². The minimum atomic E-state index is -0.359. The molecule has 4 rings (SSSR count). The lowest BCUT2D eigenvalue weighted by Gasteiger charge is -2.17. The summed E-state index contributed by atoms with van der Waals surface area (Å²) in [5, 5.41) is 2.71. The van der Waals surface area contributed by atoms with Crippen molar-refractivity contribution >= 4 is 23.4 Å². The maximum absolute atomic E-state index is 13.2. The van der Waals surface area contributed by atoms with Gasteiger partial charge in [0, 0.05) is 10.6 Å². The molecular formula is C26H23NO3S. The minimum absolute atomic E-state index is 0.0614. The number of rotatable bonds is 9. The Morgan fingerprint density at radius 2 is 1.65 bits per heavy atom. The van der Waals surface area contributed by atoms with Gasteiger partial charge in [0.15, 0.2) is 0 Å². The summed E-state index contributed by atoms with van der Waals surface area (Å²) in [6, 6.07) is 31.3. The van der Waals surface area contributed by atoms with Gasteiger partial charge < -0.3 is 14.5 Å². The molecule has 0 bridgehead atoms. The number of anilines is 1. The maximum Gasteiger partial charge on any atom is 0.242 e. The fraction of sp³-hybridized carbons (Fsp3) is 0.115. The van der Waals surface area contributed by atoms with Gasteiger partial charge in [0.1, 0.15) is 17.6 Å². The van der Waals surface area contributed by atoms with E-state index >= 15 is 0 Å². The van der Waals surface area contributed by atoms with Crippen LogP contribution in [0.4, 0.5) is 5.69 Å². The summed E-state index contributed by atoms with van der Waals surface area (Å²) < 4.78 is 11.0. The highest BCUT2D eigenvalue weighted by atomic mass is 32.2. The Kier molecular flexibility index (Phi) is 7.21. The quantitative estimate of drug-likeness (QED) is 0.310. The molecule has 0 aliphatic rings. The predicted molar refractivity (Wildman–Crippen MR) is 124 cm³/mol. The van der Waals surface area contributed by atoms with Gasteiger partial charge in [-0.3, -0.25) is 4.79 Å². The fourth-order valence-electron chi connectivity index (χ4n) is 3.15. The standard InChI is InChI=1S/C26H23NO3S/c28-26(25(21-10-3-1-4-11-21)31-24-14-5-2-6-15-24)27-22-12-7-9-20(17-22)18-29-19-23-13-8-16-30-23/h1-17,25H,18-19H2,(H,27,28). The summed E-state index contributed by atoms with van der Waals surface area (Å²) in [6.45, 7) is 0.846. The first-order chi connectivity index (χ1) is 15.3. The Bertz CT molecular complexity index is 1080. The number of nitrogens with one attached hydrogen (secondary N) is 1. The van der Waals surface area contributed by atoms with Crippen molar-refractivity contribution in [2.45, 2.75) is 23.4 Å². The highest BCUT2D eigenvalue weighted by molar-refractivity contribution is 8.00. The zero-order valence-corrected chi connectivity index (χ0v) is 17.8. The van der Waals surface area contributed by atoms with E-state index in [1.165, 1.54) is 11.8 Å². The van der Waals surface area contributed by atoms with Crippen LogP contribution in [0.25, 0.3) is 0 Å². The van der Waals surface area contributed by atoms with Gasteiger partial charge in [-0.1, -0.05) is 60.7 Å². The molecule has 0 saturated carbocycles. The second kappa shape index (κ2) is 10.7. The van der Waals surface area contributed by atoms with Crippen LogP contribution in [0.3, 0.4) is 0 Å². The predicted octanol–water partition coefficient (Wildman–Crippen LogP) is 6.47. The van der Waals surface area contributed by atoms with Crippen LogP contribution in [-0.2, 0) is 22.7 Å². The lowest BCUT2D eigenvalue weighted by Crippen LogP contribution is -2.19. The van der Waals surface area contributed by atoms with E-state index in [0.717, 1.165) is 27.5 Å². The molecule has 0 saturated heterocycles. The van der Waals surface area contributed by atoms with Crippen LogP contribution in [0.2, 0.25) is 0 Å². The van der Waals surface area contributed by atoms with Gasteiger partial charge in [0.2, 0.25) is 5.91 Å². The third-order valence-corrected chi connectivity index (χ3v) is 5.89. The second-order valence-electron chi connectivity index (χ2n) is 6.98. The molecule has 1 atom stereocenters. The first kappa shape index (κ1) is 21.0. The van der Waals surface area contributed by atoms with E-state index in [1.807, 2.05) is 97.1 Å². The average molecular weight is 430 g/mol. The van der Waals surface area contributed by atoms with Gasteiger partial charge in [-0.2, -0.15) is 0 Å². The van der Waals surface area contributed by atoms with Gasteiger partial charge in [0.05, 0.1) is 12.9 Å². The molecule has 1 amide bonds. The third-order valence-electron chi connectivity index (χ3n) is 4.63. The molecule has 1 N–H and O–H groups in total. The SMILES string of the molecule is O=C(Nc1cccc(COCc2ccco2)c1)C(Sc1ccccc1)c1ccccc1. The summed E-state index contributed by atoms with van der Waals surface area (Å²) >= 11 is 1.54. The van der Waals surface area contributed by atoms with Crippen molar-refractivity contribution in [1.82, 2.24) is 0 Å². The summed E-state index contributed by atoms with van der Waals surface area (Å²) in [6.07, 6.45) is 1.63. The number of carbonyl (C=O) groups is 1. The van der Waals surface area contributed by atoms with E-state index in [1.54, 1.807) is 6.26 Å². The molecule has 5 heteroatoms. The van der Waals surface area contributed by atoms with Gasteiger partial charge in [-0.25, -0.2) is 0 Å². The smallest absolute Gasteiger partial charge is 0.242 e. The lowest BCUT2D eigenvalue weighted by molar-refractivity contribution is -0.115.